The minimum atomic E-state index is 0.297. The van der Waals surface area contributed by atoms with Crippen molar-refractivity contribution in [2.24, 2.45) is 0 Å². The van der Waals surface area contributed by atoms with Crippen molar-refractivity contribution in [2.45, 2.75) is 0 Å². The van der Waals surface area contributed by atoms with Crippen molar-refractivity contribution < 1.29 is 5.11 Å². The number of hydrogen-bond donors (Lipinski definition) is 1. The van der Waals surface area contributed by atoms with E-state index in [1.54, 1.807) is 6.07 Å². The molecule has 0 aliphatic heterocycles. The first-order valence-electron chi connectivity index (χ1n) is 3.76. The molecule has 0 bridgehead atoms. The van der Waals surface area contributed by atoms with Crippen molar-refractivity contribution in [1.29, 1.82) is 0 Å². The van der Waals surface area contributed by atoms with Crippen LogP contribution in [0.15, 0.2) is 39.3 Å². The molecule has 0 spiro atoms. The van der Waals surface area contributed by atoms with Crippen LogP contribution >= 0.6 is 31.9 Å². The molecule has 0 unspecified atom stereocenters. The van der Waals surface area contributed by atoms with Crippen molar-refractivity contribution >= 4 is 42.6 Å². The van der Waals surface area contributed by atoms with Gasteiger partial charge in [-0.2, -0.15) is 0 Å². The van der Waals surface area contributed by atoms with Crippen molar-refractivity contribution in [2.75, 3.05) is 0 Å². The lowest BCUT2D eigenvalue weighted by atomic mass is 10.1. The summed E-state index contributed by atoms with van der Waals surface area (Å²) in [5.74, 6) is 0.297. The maximum Gasteiger partial charge on any atom is 0.124 e. The molecule has 0 saturated heterocycles. The molecule has 66 valence electrons. The van der Waals surface area contributed by atoms with E-state index in [2.05, 4.69) is 31.9 Å². The normalized spacial score (nSPS) is 10.6. The third-order valence-electron chi connectivity index (χ3n) is 1.91. The van der Waals surface area contributed by atoms with Crippen LogP contribution in [-0.2, 0) is 0 Å². The van der Waals surface area contributed by atoms with Crippen LogP contribution < -0.4 is 0 Å². The summed E-state index contributed by atoms with van der Waals surface area (Å²) in [6.07, 6.45) is 0. The first-order chi connectivity index (χ1) is 6.20. The van der Waals surface area contributed by atoms with E-state index in [-0.39, 0.29) is 0 Å². The summed E-state index contributed by atoms with van der Waals surface area (Å²) in [4.78, 5) is 0. The van der Waals surface area contributed by atoms with Gasteiger partial charge in [-0.25, -0.2) is 0 Å². The van der Waals surface area contributed by atoms with Gasteiger partial charge in [0.15, 0.2) is 0 Å². The van der Waals surface area contributed by atoms with Crippen molar-refractivity contribution in [3.8, 4) is 5.75 Å². The van der Waals surface area contributed by atoms with E-state index in [0.29, 0.717) is 5.75 Å². The Bertz CT molecular complexity index is 457. The van der Waals surface area contributed by atoms with Crippen LogP contribution in [0.3, 0.4) is 0 Å². The van der Waals surface area contributed by atoms with Crippen LogP contribution in [0.1, 0.15) is 0 Å². The lowest BCUT2D eigenvalue weighted by Crippen LogP contribution is -1.77. The fourth-order valence-electron chi connectivity index (χ4n) is 1.31. The van der Waals surface area contributed by atoms with E-state index in [0.717, 1.165) is 19.7 Å². The average Bonchev–Trinajstić information content (AvgIpc) is 2.12. The number of rotatable bonds is 0. The van der Waals surface area contributed by atoms with Crippen molar-refractivity contribution in [3.63, 3.8) is 0 Å². The zero-order chi connectivity index (χ0) is 9.42. The van der Waals surface area contributed by atoms with Gasteiger partial charge in [0.1, 0.15) is 5.75 Å². The molecule has 0 heterocycles. The molecule has 2 aromatic rings. The largest absolute Gasteiger partial charge is 0.507 e. The topological polar surface area (TPSA) is 20.2 Å². The number of fused-ring (bicyclic) bond motifs is 1. The summed E-state index contributed by atoms with van der Waals surface area (Å²) in [5.41, 5.74) is 0. The molecule has 0 atom stereocenters. The molecular weight excluding hydrogens is 296 g/mol. The highest BCUT2D eigenvalue weighted by atomic mass is 79.9. The molecular formula is C10H6Br2O. The van der Waals surface area contributed by atoms with E-state index < -0.39 is 0 Å². The quantitative estimate of drug-likeness (QED) is 0.778. The van der Waals surface area contributed by atoms with E-state index in [1.807, 2.05) is 24.3 Å². The number of halogens is 2. The second-order valence-corrected chi connectivity index (χ2v) is 4.44. The lowest BCUT2D eigenvalue weighted by Gasteiger charge is -2.04. The van der Waals surface area contributed by atoms with Gasteiger partial charge in [-0.15, -0.1) is 0 Å². The number of benzene rings is 2. The average molecular weight is 302 g/mol. The number of phenols is 1. The minimum Gasteiger partial charge on any atom is -0.507 e. The maximum atomic E-state index is 9.63. The van der Waals surface area contributed by atoms with Gasteiger partial charge in [0.25, 0.3) is 0 Å². The van der Waals surface area contributed by atoms with Gasteiger partial charge in [0.2, 0.25) is 0 Å². The van der Waals surface area contributed by atoms with Crippen LogP contribution in [0.4, 0.5) is 0 Å². The molecule has 1 N–H and O–H groups in total. The van der Waals surface area contributed by atoms with Crippen molar-refractivity contribution in [1.82, 2.24) is 0 Å². The van der Waals surface area contributed by atoms with E-state index in [9.17, 15) is 5.11 Å². The minimum absolute atomic E-state index is 0.297. The second kappa shape index (κ2) is 3.31. The Morgan fingerprint density at radius 1 is 0.923 bits per heavy atom. The fourth-order valence-corrected chi connectivity index (χ4v) is 2.34. The van der Waals surface area contributed by atoms with Gasteiger partial charge in [-0.1, -0.05) is 44.0 Å². The second-order valence-electron chi connectivity index (χ2n) is 2.73. The third kappa shape index (κ3) is 1.46. The first kappa shape index (κ1) is 9.03. The Morgan fingerprint density at radius 3 is 2.38 bits per heavy atom. The summed E-state index contributed by atoms with van der Waals surface area (Å²) in [6.45, 7) is 0. The molecule has 0 aliphatic rings. The van der Waals surface area contributed by atoms with E-state index in [4.69, 9.17) is 0 Å². The van der Waals surface area contributed by atoms with Gasteiger partial charge >= 0.3 is 0 Å². The molecule has 3 heteroatoms. The summed E-state index contributed by atoms with van der Waals surface area (Å²) >= 11 is 6.83. The Morgan fingerprint density at radius 2 is 1.69 bits per heavy atom. The third-order valence-corrected chi connectivity index (χ3v) is 3.27. The molecule has 1 nitrogen and oxygen atoms in total. The number of aromatic hydroxyl groups is 1. The van der Waals surface area contributed by atoms with E-state index >= 15 is 0 Å². The predicted octanol–water partition coefficient (Wildman–Crippen LogP) is 4.07. The maximum absolute atomic E-state index is 9.63. The molecule has 0 amide bonds. The summed E-state index contributed by atoms with van der Waals surface area (Å²) < 4.78 is 1.89. The lowest BCUT2D eigenvalue weighted by molar-refractivity contribution is 0.481. The molecule has 0 aromatic heterocycles. The highest BCUT2D eigenvalue weighted by molar-refractivity contribution is 9.11. The van der Waals surface area contributed by atoms with E-state index in [1.165, 1.54) is 0 Å². The molecule has 13 heavy (non-hydrogen) atoms. The molecule has 0 fully saturated rings. The van der Waals surface area contributed by atoms with Crippen LogP contribution in [0.5, 0.6) is 5.75 Å². The molecule has 2 aromatic carbocycles. The van der Waals surface area contributed by atoms with Gasteiger partial charge < -0.3 is 5.11 Å². The molecule has 0 aliphatic carbocycles. The highest BCUT2D eigenvalue weighted by Crippen LogP contribution is 2.35. The van der Waals surface area contributed by atoms with Gasteiger partial charge in [0.05, 0.1) is 0 Å². The SMILES string of the molecule is Oc1ccc(Br)c2cccc(Br)c12. The monoisotopic (exact) mass is 300 g/mol. The van der Waals surface area contributed by atoms with Gasteiger partial charge in [-0.05, 0) is 18.2 Å². The highest BCUT2D eigenvalue weighted by Gasteiger charge is 2.05. The summed E-state index contributed by atoms with van der Waals surface area (Å²) in [7, 11) is 0. The zero-order valence-electron chi connectivity index (χ0n) is 6.59. The zero-order valence-corrected chi connectivity index (χ0v) is 9.76. The number of hydrogen-bond acceptors (Lipinski definition) is 1. The van der Waals surface area contributed by atoms with Gasteiger partial charge in [-0.3, -0.25) is 0 Å². The Labute approximate surface area is 92.6 Å². The Balaban J connectivity index is 3.00. The molecule has 2 rings (SSSR count). The predicted molar refractivity (Wildman–Crippen MR) is 61.0 cm³/mol. The fraction of sp³-hybridized carbons (Fsp3) is 0. The molecule has 0 radical (unpaired) electrons. The first-order valence-corrected chi connectivity index (χ1v) is 5.34. The summed E-state index contributed by atoms with van der Waals surface area (Å²) in [5, 5.41) is 11.5. The van der Waals surface area contributed by atoms with Crippen LogP contribution in [0, 0.1) is 0 Å². The summed E-state index contributed by atoms with van der Waals surface area (Å²) in [6, 6.07) is 9.33. The molecule has 0 saturated carbocycles. The van der Waals surface area contributed by atoms with Crippen LogP contribution in [0.2, 0.25) is 0 Å². The van der Waals surface area contributed by atoms with Crippen molar-refractivity contribution in [3.05, 3.63) is 39.3 Å². The Hall–Kier alpha value is -0.540. The van der Waals surface area contributed by atoms with Crippen LogP contribution in [0.25, 0.3) is 10.8 Å². The van der Waals surface area contributed by atoms with Crippen LogP contribution in [-0.4, -0.2) is 5.11 Å². The standard InChI is InChI=1S/C10H6Br2O/c11-7-4-5-9(13)10-6(7)2-1-3-8(10)12/h1-5,13H. The Kier molecular flexibility index (Phi) is 2.30. The van der Waals surface area contributed by atoms with Gasteiger partial charge in [0, 0.05) is 19.7 Å². The number of phenolic OH excluding ortho intramolecular Hbond substituents is 1. The smallest absolute Gasteiger partial charge is 0.124 e.